The van der Waals surface area contributed by atoms with Crippen LogP contribution in [0, 0.1) is 17.5 Å². The Bertz CT molecular complexity index is 605. The van der Waals surface area contributed by atoms with Crippen molar-refractivity contribution in [1.82, 2.24) is 15.0 Å². The number of fused-ring (bicyclic) bond motifs is 1. The number of nitrogens with zero attached hydrogens (tertiary/aromatic N) is 2. The highest BCUT2D eigenvalue weighted by Gasteiger charge is 2.37. The van der Waals surface area contributed by atoms with Crippen LogP contribution in [0.2, 0.25) is 0 Å². The van der Waals surface area contributed by atoms with Crippen molar-refractivity contribution in [3.05, 3.63) is 27.9 Å². The van der Waals surface area contributed by atoms with Gasteiger partial charge in [-0.05, 0) is 18.6 Å². The Hall–Kier alpha value is -1.57. The van der Waals surface area contributed by atoms with Crippen LogP contribution in [0.3, 0.4) is 0 Å². The number of hydrogen-bond donors (Lipinski definition) is 1. The maximum Gasteiger partial charge on any atom is 0.435 e. The highest BCUT2D eigenvalue weighted by molar-refractivity contribution is 7.71. The van der Waals surface area contributed by atoms with Crippen molar-refractivity contribution in [2.24, 2.45) is 0 Å². The quantitative estimate of drug-likeness (QED) is 0.586. The van der Waals surface area contributed by atoms with Gasteiger partial charge >= 0.3 is 6.18 Å². The van der Waals surface area contributed by atoms with Crippen molar-refractivity contribution in [2.45, 2.75) is 13.1 Å². The van der Waals surface area contributed by atoms with Gasteiger partial charge < -0.3 is 4.98 Å². The SMILES string of the molecule is Cc1cc2nc(F)c(C(F)(F)F)[nH]c-2nc1=S. The molecule has 0 atom stereocenters. The molecule has 0 radical (unpaired) electrons. The number of aromatic amines is 1. The molecule has 90 valence electrons. The smallest absolute Gasteiger partial charge is 0.331 e. The average Bonchev–Trinajstić information content (AvgIpc) is 2.18. The van der Waals surface area contributed by atoms with Gasteiger partial charge in [0, 0.05) is 0 Å². The second-order valence-corrected chi connectivity index (χ2v) is 3.77. The maximum absolute atomic E-state index is 13.1. The van der Waals surface area contributed by atoms with E-state index in [1.807, 2.05) is 4.98 Å². The van der Waals surface area contributed by atoms with Crippen LogP contribution in [0.5, 0.6) is 0 Å². The molecule has 0 fully saturated rings. The van der Waals surface area contributed by atoms with E-state index < -0.39 is 17.8 Å². The summed E-state index contributed by atoms with van der Waals surface area (Å²) in [5.41, 5.74) is -1.01. The first-order chi connectivity index (χ1) is 7.79. The van der Waals surface area contributed by atoms with Crippen molar-refractivity contribution < 1.29 is 17.6 Å². The van der Waals surface area contributed by atoms with Gasteiger partial charge in [-0.25, -0.2) is 9.97 Å². The lowest BCUT2D eigenvalue weighted by Gasteiger charge is -2.11. The number of H-pyrrole nitrogens is 1. The highest BCUT2D eigenvalue weighted by atomic mass is 32.1. The summed E-state index contributed by atoms with van der Waals surface area (Å²) in [6, 6.07) is 1.38. The van der Waals surface area contributed by atoms with Crippen LogP contribution in [0.1, 0.15) is 11.3 Å². The third-order valence-corrected chi connectivity index (χ3v) is 2.51. The fourth-order valence-corrected chi connectivity index (χ4v) is 1.43. The van der Waals surface area contributed by atoms with E-state index in [1.165, 1.54) is 6.07 Å². The predicted molar refractivity (Wildman–Crippen MR) is 53.5 cm³/mol. The predicted octanol–water partition coefficient (Wildman–Crippen LogP) is 3.11. The zero-order valence-electron chi connectivity index (χ0n) is 8.39. The summed E-state index contributed by atoms with van der Waals surface area (Å²) in [6.07, 6.45) is -4.85. The molecule has 8 heteroatoms. The third-order valence-electron chi connectivity index (χ3n) is 2.10. The van der Waals surface area contributed by atoms with Crippen LogP contribution >= 0.6 is 12.2 Å². The summed E-state index contributed by atoms with van der Waals surface area (Å²) < 4.78 is 50.5. The summed E-state index contributed by atoms with van der Waals surface area (Å²) in [5.74, 6) is -1.79. The maximum atomic E-state index is 13.1. The van der Waals surface area contributed by atoms with Gasteiger partial charge in [0.2, 0.25) is 5.95 Å². The number of pyridine rings is 1. The molecule has 2 rings (SSSR count). The van der Waals surface area contributed by atoms with Gasteiger partial charge in [-0.3, -0.25) is 0 Å². The van der Waals surface area contributed by atoms with Gasteiger partial charge in [0.25, 0.3) is 0 Å². The molecule has 0 bridgehead atoms. The third kappa shape index (κ3) is 2.12. The second-order valence-electron chi connectivity index (χ2n) is 3.38. The highest BCUT2D eigenvalue weighted by Crippen LogP contribution is 2.31. The first-order valence-corrected chi connectivity index (χ1v) is 4.84. The molecule has 0 saturated heterocycles. The van der Waals surface area contributed by atoms with Gasteiger partial charge in [0.05, 0.1) is 0 Å². The average molecular weight is 263 g/mol. The summed E-state index contributed by atoms with van der Waals surface area (Å²) in [5, 5.41) is 0. The van der Waals surface area contributed by atoms with E-state index in [1.54, 1.807) is 6.92 Å². The van der Waals surface area contributed by atoms with Crippen LogP contribution < -0.4 is 0 Å². The molecule has 0 aromatic heterocycles. The molecular formula is C9H5F4N3S. The lowest BCUT2D eigenvalue weighted by molar-refractivity contribution is -0.144. The molecule has 0 unspecified atom stereocenters. The van der Waals surface area contributed by atoms with Gasteiger partial charge in [-0.15, -0.1) is 0 Å². The molecule has 3 nitrogen and oxygen atoms in total. The van der Waals surface area contributed by atoms with Gasteiger partial charge in [0.15, 0.2) is 11.5 Å². The van der Waals surface area contributed by atoms with Gasteiger partial charge in [0.1, 0.15) is 10.3 Å². The van der Waals surface area contributed by atoms with E-state index in [4.69, 9.17) is 12.2 Å². The minimum atomic E-state index is -4.85. The summed E-state index contributed by atoms with van der Waals surface area (Å²) >= 11 is 4.82. The van der Waals surface area contributed by atoms with Crippen molar-refractivity contribution >= 4 is 12.2 Å². The first kappa shape index (κ1) is 11.9. The number of hydrogen-bond acceptors (Lipinski definition) is 3. The van der Waals surface area contributed by atoms with Crippen molar-refractivity contribution in [1.29, 1.82) is 0 Å². The fraction of sp³-hybridized carbons (Fsp3) is 0.222. The molecule has 1 N–H and O–H groups in total. The molecule has 2 heterocycles. The van der Waals surface area contributed by atoms with E-state index >= 15 is 0 Å². The van der Waals surface area contributed by atoms with Gasteiger partial charge in [-0.2, -0.15) is 17.6 Å². The number of nitrogens with one attached hydrogen (secondary N) is 1. The lowest BCUT2D eigenvalue weighted by Crippen LogP contribution is -2.15. The molecule has 2 aliphatic heterocycles. The monoisotopic (exact) mass is 263 g/mol. The van der Waals surface area contributed by atoms with Crippen LogP contribution in [-0.2, 0) is 6.18 Å². The largest absolute Gasteiger partial charge is 0.435 e. The van der Waals surface area contributed by atoms with E-state index in [0.29, 0.717) is 5.56 Å². The molecule has 0 aromatic rings. The summed E-state index contributed by atoms with van der Waals surface area (Å²) in [7, 11) is 0. The van der Waals surface area contributed by atoms with E-state index in [2.05, 4.69) is 9.97 Å². The fourth-order valence-electron chi connectivity index (χ4n) is 1.28. The second kappa shape index (κ2) is 3.73. The van der Waals surface area contributed by atoms with Crippen LogP contribution in [-0.4, -0.2) is 15.0 Å². The Morgan fingerprint density at radius 2 is 1.94 bits per heavy atom. The van der Waals surface area contributed by atoms with E-state index in [-0.39, 0.29) is 16.2 Å². The molecule has 2 aliphatic rings. The molecule has 0 saturated carbocycles. The van der Waals surface area contributed by atoms with Crippen molar-refractivity contribution in [2.75, 3.05) is 0 Å². The van der Waals surface area contributed by atoms with E-state index in [0.717, 1.165) is 0 Å². The van der Waals surface area contributed by atoms with Crippen LogP contribution in [0.15, 0.2) is 6.07 Å². The lowest BCUT2D eigenvalue weighted by atomic mass is 10.2. The normalized spacial score (nSPS) is 12.1. The number of aryl methyl sites for hydroxylation is 1. The Balaban J connectivity index is 2.78. The van der Waals surface area contributed by atoms with Gasteiger partial charge in [-0.1, -0.05) is 12.2 Å². The molecule has 0 amide bonds. The number of rotatable bonds is 0. The van der Waals surface area contributed by atoms with E-state index in [9.17, 15) is 17.6 Å². The molecule has 0 aliphatic carbocycles. The van der Waals surface area contributed by atoms with Crippen molar-refractivity contribution in [3.63, 3.8) is 0 Å². The molecular weight excluding hydrogens is 258 g/mol. The Morgan fingerprint density at radius 3 is 2.53 bits per heavy atom. The zero-order chi connectivity index (χ0) is 12.8. The number of aromatic nitrogens is 3. The van der Waals surface area contributed by atoms with Crippen LogP contribution in [0.25, 0.3) is 11.5 Å². The van der Waals surface area contributed by atoms with Crippen molar-refractivity contribution in [3.8, 4) is 11.5 Å². The Labute approximate surface area is 97.9 Å². The zero-order valence-corrected chi connectivity index (χ0v) is 9.21. The standard InChI is InChI=1S/C9H5F4N3S/c1-3-2-4-7(16-8(3)17)15-5(6(10)14-4)9(11,12)13/h2H,1H3,(H,15,16,17). The van der Waals surface area contributed by atoms with Crippen LogP contribution in [0.4, 0.5) is 17.6 Å². The Kier molecular flexibility index (Phi) is 2.61. The minimum absolute atomic E-state index is 0.00148. The summed E-state index contributed by atoms with van der Waals surface area (Å²) in [4.78, 5) is 8.80. The Morgan fingerprint density at radius 1 is 1.29 bits per heavy atom. The summed E-state index contributed by atoms with van der Waals surface area (Å²) in [6.45, 7) is 1.62. The molecule has 0 spiro atoms. The molecule has 0 aromatic carbocycles. The first-order valence-electron chi connectivity index (χ1n) is 4.43. The molecule has 17 heavy (non-hydrogen) atoms. The number of alkyl halides is 3. The number of halogens is 4. The topological polar surface area (TPSA) is 41.6 Å². The minimum Gasteiger partial charge on any atom is -0.331 e.